The highest BCUT2D eigenvalue weighted by atomic mass is 15.3. The van der Waals surface area contributed by atoms with Gasteiger partial charge in [-0.2, -0.15) is 5.10 Å². The van der Waals surface area contributed by atoms with Gasteiger partial charge in [-0.25, -0.2) is 9.67 Å². The van der Waals surface area contributed by atoms with Crippen molar-refractivity contribution in [3.05, 3.63) is 36.9 Å². The summed E-state index contributed by atoms with van der Waals surface area (Å²) < 4.78 is 1.78. The normalized spacial score (nSPS) is 28.5. The Morgan fingerprint density at radius 1 is 1.10 bits per heavy atom. The van der Waals surface area contributed by atoms with Gasteiger partial charge in [0.15, 0.2) is 0 Å². The minimum atomic E-state index is 0.606. The average Bonchev–Trinajstić information content (AvgIpc) is 3.04. The summed E-state index contributed by atoms with van der Waals surface area (Å²) in [5.74, 6) is 0.843. The largest absolute Gasteiger partial charge is 0.381 e. The molecular weight excluding hydrogens is 250 g/mol. The van der Waals surface area contributed by atoms with Crippen molar-refractivity contribution in [3.63, 3.8) is 0 Å². The van der Waals surface area contributed by atoms with Gasteiger partial charge < -0.3 is 10.2 Å². The van der Waals surface area contributed by atoms with Crippen LogP contribution in [0.25, 0.3) is 5.69 Å². The van der Waals surface area contributed by atoms with Gasteiger partial charge in [0.05, 0.1) is 5.69 Å². The zero-order valence-electron chi connectivity index (χ0n) is 11.4. The highest BCUT2D eigenvalue weighted by molar-refractivity contribution is 5.49. The fraction of sp³-hybridized carbons (Fsp3) is 0.467. The number of hydrogen-bond donors (Lipinski definition) is 1. The lowest BCUT2D eigenvalue weighted by molar-refractivity contribution is 0.0975. The summed E-state index contributed by atoms with van der Waals surface area (Å²) in [5, 5.41) is 7.84. The topological polar surface area (TPSA) is 46.0 Å². The average molecular weight is 269 g/mol. The third-order valence-corrected chi connectivity index (χ3v) is 4.56. The molecule has 104 valence electrons. The number of anilines is 1. The standard InChI is InChI=1S/C15H19N5/c1-3-14(20-11-16-10-17-20)4-2-13(1)18-15-9-19-7-5-12(15)6-8-19/h1-4,10-12,15,18H,5-9H2. The van der Waals surface area contributed by atoms with E-state index in [0.29, 0.717) is 6.04 Å². The maximum atomic E-state index is 4.14. The number of fused-ring (bicyclic) bond motifs is 3. The molecule has 0 aliphatic carbocycles. The fourth-order valence-electron chi connectivity index (χ4n) is 3.39. The van der Waals surface area contributed by atoms with Crippen molar-refractivity contribution >= 4 is 5.69 Å². The Hall–Kier alpha value is -1.88. The Bertz CT molecular complexity index is 554. The van der Waals surface area contributed by atoms with Crippen LogP contribution in [0, 0.1) is 5.92 Å². The molecule has 5 nitrogen and oxygen atoms in total. The monoisotopic (exact) mass is 269 g/mol. The van der Waals surface area contributed by atoms with Crippen LogP contribution >= 0.6 is 0 Å². The molecule has 1 unspecified atom stereocenters. The minimum absolute atomic E-state index is 0.606. The third-order valence-electron chi connectivity index (χ3n) is 4.56. The number of nitrogens with one attached hydrogen (secondary N) is 1. The van der Waals surface area contributed by atoms with E-state index in [1.165, 1.54) is 38.2 Å². The second-order valence-electron chi connectivity index (χ2n) is 5.78. The molecule has 0 amide bonds. The molecule has 4 heterocycles. The second-order valence-corrected chi connectivity index (χ2v) is 5.78. The predicted octanol–water partition coefficient (Wildman–Crippen LogP) is 1.77. The maximum Gasteiger partial charge on any atom is 0.138 e. The number of nitrogens with zero attached hydrogens (tertiary/aromatic N) is 4. The van der Waals surface area contributed by atoms with Crippen LogP contribution in [0.15, 0.2) is 36.9 Å². The van der Waals surface area contributed by atoms with E-state index in [9.17, 15) is 0 Å². The highest BCUT2D eigenvalue weighted by Crippen LogP contribution is 2.29. The van der Waals surface area contributed by atoms with Crippen LogP contribution in [0.2, 0.25) is 0 Å². The molecular formula is C15H19N5. The third kappa shape index (κ3) is 2.18. The van der Waals surface area contributed by atoms with E-state index in [1.807, 2.05) is 0 Å². The molecule has 0 saturated carbocycles. The summed E-state index contributed by atoms with van der Waals surface area (Å²) in [5.41, 5.74) is 2.24. The molecule has 1 atom stereocenters. The van der Waals surface area contributed by atoms with Crippen LogP contribution in [0.1, 0.15) is 12.8 Å². The van der Waals surface area contributed by atoms with E-state index in [-0.39, 0.29) is 0 Å². The van der Waals surface area contributed by atoms with Gasteiger partial charge in [0.2, 0.25) is 0 Å². The van der Waals surface area contributed by atoms with E-state index in [2.05, 4.69) is 44.6 Å². The first-order valence-electron chi connectivity index (χ1n) is 7.32. The van der Waals surface area contributed by atoms with Crippen molar-refractivity contribution in [2.45, 2.75) is 18.9 Å². The van der Waals surface area contributed by atoms with Crippen LogP contribution in [-0.4, -0.2) is 45.3 Å². The molecule has 2 aromatic rings. The van der Waals surface area contributed by atoms with Gasteiger partial charge in [0.1, 0.15) is 12.7 Å². The van der Waals surface area contributed by atoms with Gasteiger partial charge in [-0.1, -0.05) is 0 Å². The zero-order chi connectivity index (χ0) is 13.4. The van der Waals surface area contributed by atoms with Crippen LogP contribution < -0.4 is 5.32 Å². The lowest BCUT2D eigenvalue weighted by Gasteiger charge is -2.45. The minimum Gasteiger partial charge on any atom is -0.381 e. The van der Waals surface area contributed by atoms with Crippen LogP contribution in [-0.2, 0) is 0 Å². The van der Waals surface area contributed by atoms with Gasteiger partial charge in [-0.15, -0.1) is 0 Å². The molecule has 3 fully saturated rings. The summed E-state index contributed by atoms with van der Waals surface area (Å²) in [6.07, 6.45) is 5.96. The second kappa shape index (κ2) is 4.90. The molecule has 1 N–H and O–H groups in total. The van der Waals surface area contributed by atoms with Gasteiger partial charge >= 0.3 is 0 Å². The Labute approximate surface area is 118 Å². The van der Waals surface area contributed by atoms with Gasteiger partial charge in [0.25, 0.3) is 0 Å². The van der Waals surface area contributed by atoms with E-state index in [1.54, 1.807) is 17.3 Å². The van der Waals surface area contributed by atoms with E-state index < -0.39 is 0 Å². The number of aromatic nitrogens is 3. The van der Waals surface area contributed by atoms with Gasteiger partial charge in [-0.05, 0) is 56.1 Å². The molecule has 3 aliphatic heterocycles. The van der Waals surface area contributed by atoms with Crippen molar-refractivity contribution in [2.24, 2.45) is 5.92 Å². The lowest BCUT2D eigenvalue weighted by Crippen LogP contribution is -2.53. The smallest absolute Gasteiger partial charge is 0.138 e. The fourth-order valence-corrected chi connectivity index (χ4v) is 3.39. The molecule has 0 spiro atoms. The molecule has 1 aromatic heterocycles. The number of benzene rings is 1. The van der Waals surface area contributed by atoms with Gasteiger partial charge in [0, 0.05) is 18.3 Å². The van der Waals surface area contributed by atoms with Crippen molar-refractivity contribution in [3.8, 4) is 5.69 Å². The number of hydrogen-bond acceptors (Lipinski definition) is 4. The van der Waals surface area contributed by atoms with Crippen molar-refractivity contribution in [1.29, 1.82) is 0 Å². The number of rotatable bonds is 3. The van der Waals surface area contributed by atoms with E-state index in [0.717, 1.165) is 11.6 Å². The quantitative estimate of drug-likeness (QED) is 0.922. The summed E-state index contributed by atoms with van der Waals surface area (Å²) in [6, 6.07) is 9.04. The molecule has 3 saturated heterocycles. The molecule has 3 aliphatic rings. The molecule has 5 heteroatoms. The first-order valence-corrected chi connectivity index (χ1v) is 7.32. The molecule has 1 aromatic carbocycles. The summed E-state index contributed by atoms with van der Waals surface area (Å²) in [6.45, 7) is 3.76. The maximum absolute atomic E-state index is 4.14. The Morgan fingerprint density at radius 3 is 2.50 bits per heavy atom. The molecule has 0 radical (unpaired) electrons. The molecule has 5 rings (SSSR count). The first-order chi connectivity index (χ1) is 9.88. The Morgan fingerprint density at radius 2 is 1.90 bits per heavy atom. The van der Waals surface area contributed by atoms with Crippen LogP contribution in [0.4, 0.5) is 5.69 Å². The van der Waals surface area contributed by atoms with E-state index in [4.69, 9.17) is 0 Å². The lowest BCUT2D eigenvalue weighted by atomic mass is 9.84. The number of piperidine rings is 3. The van der Waals surface area contributed by atoms with Gasteiger partial charge in [-0.3, -0.25) is 0 Å². The predicted molar refractivity (Wildman–Crippen MR) is 77.9 cm³/mol. The highest BCUT2D eigenvalue weighted by Gasteiger charge is 2.33. The molecule has 20 heavy (non-hydrogen) atoms. The van der Waals surface area contributed by atoms with E-state index >= 15 is 0 Å². The van der Waals surface area contributed by atoms with Crippen molar-refractivity contribution < 1.29 is 0 Å². The Balaban J connectivity index is 1.47. The summed E-state index contributed by atoms with van der Waals surface area (Å²) >= 11 is 0. The van der Waals surface area contributed by atoms with Crippen molar-refractivity contribution in [2.75, 3.05) is 25.0 Å². The summed E-state index contributed by atoms with van der Waals surface area (Å²) in [4.78, 5) is 6.54. The van der Waals surface area contributed by atoms with Crippen LogP contribution in [0.3, 0.4) is 0 Å². The Kier molecular flexibility index (Phi) is 2.92. The zero-order valence-corrected chi connectivity index (χ0v) is 11.4. The summed E-state index contributed by atoms with van der Waals surface area (Å²) in [7, 11) is 0. The SMILES string of the molecule is c1ncn(-c2ccc(NC3CN4CCC3CC4)cc2)n1. The van der Waals surface area contributed by atoms with Crippen LogP contribution in [0.5, 0.6) is 0 Å². The first kappa shape index (κ1) is 11.9. The molecule has 2 bridgehead atoms. The van der Waals surface area contributed by atoms with Crippen molar-refractivity contribution in [1.82, 2.24) is 19.7 Å².